The quantitative estimate of drug-likeness (QED) is 0.328. The number of nitro benzene ring substituents is 1. The van der Waals surface area contributed by atoms with Crippen molar-refractivity contribution >= 4 is 34.1 Å². The van der Waals surface area contributed by atoms with E-state index in [0.717, 1.165) is 16.5 Å². The second-order valence-electron chi connectivity index (χ2n) is 8.77. The first kappa shape index (κ1) is 23.1. The summed E-state index contributed by atoms with van der Waals surface area (Å²) in [5.41, 5.74) is 2.87. The van der Waals surface area contributed by atoms with Crippen LogP contribution in [0.2, 0.25) is 0 Å². The lowest BCUT2D eigenvalue weighted by Gasteiger charge is -2.39. The number of fused-ring (bicyclic) bond motifs is 2. The molecule has 9 heteroatoms. The van der Waals surface area contributed by atoms with Gasteiger partial charge < -0.3 is 19.5 Å². The summed E-state index contributed by atoms with van der Waals surface area (Å²) in [5.74, 6) is -1.07. The zero-order valence-electron chi connectivity index (χ0n) is 20.0. The average molecular weight is 485 g/mol. The monoisotopic (exact) mass is 484 g/mol. The summed E-state index contributed by atoms with van der Waals surface area (Å²) in [6.45, 7) is 0. The molecule has 3 aromatic carbocycles. The fourth-order valence-electron chi connectivity index (χ4n) is 5.07. The Labute approximate surface area is 207 Å². The van der Waals surface area contributed by atoms with Crippen LogP contribution in [0.5, 0.6) is 5.75 Å². The molecule has 0 fully saturated rings. The van der Waals surface area contributed by atoms with E-state index in [9.17, 15) is 19.7 Å². The lowest BCUT2D eigenvalue weighted by Crippen LogP contribution is -2.44. The van der Waals surface area contributed by atoms with Gasteiger partial charge in [-0.25, -0.2) is 0 Å². The van der Waals surface area contributed by atoms with E-state index >= 15 is 0 Å². The van der Waals surface area contributed by atoms with Gasteiger partial charge in [-0.15, -0.1) is 0 Å². The lowest BCUT2D eigenvalue weighted by molar-refractivity contribution is -0.384. The van der Waals surface area contributed by atoms with Crippen molar-refractivity contribution < 1.29 is 19.2 Å². The second kappa shape index (κ2) is 8.84. The highest BCUT2D eigenvalue weighted by Gasteiger charge is 2.43. The number of carbonyl (C=O) groups excluding carboxylic acids is 2. The van der Waals surface area contributed by atoms with Crippen LogP contribution in [0.15, 0.2) is 72.9 Å². The molecule has 0 saturated heterocycles. The number of nitro groups is 1. The largest absolute Gasteiger partial charge is 0.495 e. The molecule has 1 aliphatic heterocycles. The minimum atomic E-state index is -0.779. The summed E-state index contributed by atoms with van der Waals surface area (Å²) in [7, 11) is 5.05. The zero-order valence-corrected chi connectivity index (χ0v) is 20.0. The van der Waals surface area contributed by atoms with Crippen LogP contribution < -0.4 is 10.1 Å². The van der Waals surface area contributed by atoms with Gasteiger partial charge in [0.15, 0.2) is 0 Å². The Balaban J connectivity index is 1.67. The van der Waals surface area contributed by atoms with Crippen molar-refractivity contribution in [2.75, 3.05) is 19.5 Å². The topological polar surface area (TPSA) is 107 Å². The summed E-state index contributed by atoms with van der Waals surface area (Å²) < 4.78 is 7.32. The molecule has 0 bridgehead atoms. The Morgan fingerprint density at radius 3 is 2.50 bits per heavy atom. The number of aromatic nitrogens is 1. The SMILES string of the molecule is COc1ccc([N+](=O)[O-])cc1NC(=O)[C@H]1c2ccccc2C(=O)N(C)[C@H]1c1cn(C)c2ccccc12. The van der Waals surface area contributed by atoms with Crippen LogP contribution in [0.3, 0.4) is 0 Å². The van der Waals surface area contributed by atoms with Crippen LogP contribution in [0.1, 0.15) is 33.4 Å². The number of non-ortho nitro benzene ring substituents is 1. The van der Waals surface area contributed by atoms with E-state index in [4.69, 9.17) is 4.74 Å². The molecule has 4 aromatic rings. The maximum Gasteiger partial charge on any atom is 0.271 e. The molecule has 0 aliphatic carbocycles. The first-order chi connectivity index (χ1) is 17.3. The number of amides is 2. The Morgan fingerprint density at radius 1 is 1.03 bits per heavy atom. The molecule has 9 nitrogen and oxygen atoms in total. The number of benzene rings is 3. The fourth-order valence-corrected chi connectivity index (χ4v) is 5.07. The van der Waals surface area contributed by atoms with Gasteiger partial charge in [0.05, 0.1) is 29.7 Å². The van der Waals surface area contributed by atoms with E-state index in [0.29, 0.717) is 16.9 Å². The first-order valence-electron chi connectivity index (χ1n) is 11.3. The maximum atomic E-state index is 14.0. The van der Waals surface area contributed by atoms with Crippen LogP contribution in [0.25, 0.3) is 10.9 Å². The molecule has 0 spiro atoms. The Kier molecular flexibility index (Phi) is 5.68. The minimum Gasteiger partial charge on any atom is -0.495 e. The molecule has 0 radical (unpaired) electrons. The lowest BCUT2D eigenvalue weighted by atomic mass is 9.79. The van der Waals surface area contributed by atoms with Gasteiger partial charge in [-0.3, -0.25) is 19.7 Å². The smallest absolute Gasteiger partial charge is 0.271 e. The summed E-state index contributed by atoms with van der Waals surface area (Å²) >= 11 is 0. The van der Waals surface area contributed by atoms with E-state index in [2.05, 4.69) is 5.32 Å². The van der Waals surface area contributed by atoms with Gasteiger partial charge in [-0.1, -0.05) is 36.4 Å². The van der Waals surface area contributed by atoms with Crippen molar-refractivity contribution in [3.8, 4) is 5.75 Å². The number of methoxy groups -OCH3 is 1. The molecule has 2 amide bonds. The van der Waals surface area contributed by atoms with Gasteiger partial charge in [0.2, 0.25) is 5.91 Å². The van der Waals surface area contributed by atoms with Gasteiger partial charge in [0.25, 0.3) is 11.6 Å². The molecule has 36 heavy (non-hydrogen) atoms. The van der Waals surface area contributed by atoms with Gasteiger partial charge in [0.1, 0.15) is 5.75 Å². The third-order valence-electron chi connectivity index (χ3n) is 6.76. The van der Waals surface area contributed by atoms with Crippen molar-refractivity contribution in [1.29, 1.82) is 0 Å². The van der Waals surface area contributed by atoms with Gasteiger partial charge in [-0.2, -0.15) is 0 Å². The molecule has 182 valence electrons. The van der Waals surface area contributed by atoms with Crippen LogP contribution in [0, 0.1) is 10.1 Å². The van der Waals surface area contributed by atoms with E-state index in [1.165, 1.54) is 25.3 Å². The Morgan fingerprint density at radius 2 is 1.75 bits per heavy atom. The number of hydrogen-bond donors (Lipinski definition) is 1. The van der Waals surface area contributed by atoms with Gasteiger partial charge in [-0.05, 0) is 23.8 Å². The van der Waals surface area contributed by atoms with E-state index in [1.807, 2.05) is 42.1 Å². The number of nitrogens with one attached hydrogen (secondary N) is 1. The number of hydrogen-bond acceptors (Lipinski definition) is 5. The number of ether oxygens (including phenoxy) is 1. The number of carbonyl (C=O) groups is 2. The van der Waals surface area contributed by atoms with Crippen molar-refractivity contribution in [3.05, 3.63) is 99.7 Å². The van der Waals surface area contributed by atoms with E-state index in [-0.39, 0.29) is 17.3 Å². The van der Waals surface area contributed by atoms with Crippen molar-refractivity contribution in [2.45, 2.75) is 12.0 Å². The molecule has 2 heterocycles. The number of likely N-dealkylation sites (N-methyl/N-ethyl adjacent to an activating group) is 1. The number of para-hydroxylation sites is 1. The predicted octanol–water partition coefficient (Wildman–Crippen LogP) is 4.64. The summed E-state index contributed by atoms with van der Waals surface area (Å²) in [5, 5.41) is 15.1. The number of nitrogens with zero attached hydrogens (tertiary/aromatic N) is 3. The number of rotatable bonds is 5. The molecule has 5 rings (SSSR count). The zero-order chi connectivity index (χ0) is 25.6. The number of aryl methyl sites for hydroxylation is 1. The molecule has 2 atom stereocenters. The first-order valence-corrected chi connectivity index (χ1v) is 11.3. The molecule has 0 saturated carbocycles. The van der Waals surface area contributed by atoms with Crippen molar-refractivity contribution in [1.82, 2.24) is 9.47 Å². The molecule has 1 aliphatic rings. The summed E-state index contributed by atoms with van der Waals surface area (Å²) in [4.78, 5) is 39.8. The standard InChI is InChI=1S/C27H24N4O5/c1-29-15-20(17-8-6-7-11-22(17)29)25-24(18-9-4-5-10-19(18)27(33)30(25)2)26(32)28-21-14-16(31(34)35)12-13-23(21)36-3/h4-15,24-25H,1-3H3,(H,28,32)/t24-,25-/m0/s1. The normalized spacial score (nSPS) is 17.1. The molecule has 1 aromatic heterocycles. The van der Waals surface area contributed by atoms with Crippen molar-refractivity contribution in [2.24, 2.45) is 7.05 Å². The second-order valence-corrected chi connectivity index (χ2v) is 8.77. The predicted molar refractivity (Wildman–Crippen MR) is 135 cm³/mol. The molecule has 0 unspecified atom stereocenters. The highest BCUT2D eigenvalue weighted by Crippen LogP contribution is 2.45. The Bertz CT molecular complexity index is 1530. The van der Waals surface area contributed by atoms with Crippen LogP contribution >= 0.6 is 0 Å². The number of anilines is 1. The third-order valence-corrected chi connectivity index (χ3v) is 6.76. The van der Waals surface area contributed by atoms with Gasteiger partial charge >= 0.3 is 0 Å². The van der Waals surface area contributed by atoms with Gasteiger partial charge in [0, 0.05) is 54.5 Å². The van der Waals surface area contributed by atoms with E-state index in [1.54, 1.807) is 36.2 Å². The highest BCUT2D eigenvalue weighted by atomic mass is 16.6. The Hall–Kier alpha value is -4.66. The average Bonchev–Trinajstić information content (AvgIpc) is 3.22. The third kappa shape index (κ3) is 3.65. The maximum absolute atomic E-state index is 14.0. The van der Waals surface area contributed by atoms with Crippen LogP contribution in [-0.2, 0) is 11.8 Å². The fraction of sp³-hybridized carbons (Fsp3) is 0.185. The minimum absolute atomic E-state index is 0.173. The van der Waals surface area contributed by atoms with Crippen LogP contribution in [0.4, 0.5) is 11.4 Å². The molecule has 1 N–H and O–H groups in total. The van der Waals surface area contributed by atoms with Crippen molar-refractivity contribution in [3.63, 3.8) is 0 Å². The summed E-state index contributed by atoms with van der Waals surface area (Å²) in [6.07, 6.45) is 1.95. The molecular weight excluding hydrogens is 460 g/mol. The van der Waals surface area contributed by atoms with E-state index < -0.39 is 22.8 Å². The van der Waals surface area contributed by atoms with Crippen LogP contribution in [-0.4, -0.2) is 40.4 Å². The summed E-state index contributed by atoms with van der Waals surface area (Å²) in [6, 6.07) is 18.3. The highest BCUT2D eigenvalue weighted by molar-refractivity contribution is 6.05. The molecular formula is C27H24N4O5.